The van der Waals surface area contributed by atoms with Crippen LogP contribution in [-0.2, 0) is 42.7 Å². The fourth-order valence-electron chi connectivity index (χ4n) is 7.93. The number of esters is 1. The van der Waals surface area contributed by atoms with Gasteiger partial charge in [-0.25, -0.2) is 0 Å². The Morgan fingerprint density at radius 1 is 1.02 bits per heavy atom. The van der Waals surface area contributed by atoms with Crippen molar-refractivity contribution in [3.63, 3.8) is 0 Å². The molecule has 12 nitrogen and oxygen atoms in total. The molecule has 46 heavy (non-hydrogen) atoms. The number of rotatable bonds is 7. The van der Waals surface area contributed by atoms with Gasteiger partial charge < -0.3 is 48.3 Å². The molecule has 2 bridgehead atoms. The maximum atomic E-state index is 13.9. The Hall–Kier alpha value is -1.64. The Kier molecular flexibility index (Phi) is 11.4. The Balaban J connectivity index is 1.79. The largest absolute Gasteiger partial charge is 0.488 e. The number of ether oxygens (including phenoxy) is 7. The summed E-state index contributed by atoms with van der Waals surface area (Å²) in [7, 11) is 5.36. The third-order valence-corrected chi connectivity index (χ3v) is 10.7. The zero-order valence-electron chi connectivity index (χ0n) is 29.6. The number of hydrogen-bond donors (Lipinski definition) is 2. The summed E-state index contributed by atoms with van der Waals surface area (Å²) in [5, 5.41) is 22.3. The fourth-order valence-corrected chi connectivity index (χ4v) is 7.93. The first-order valence-corrected chi connectivity index (χ1v) is 16.6. The average Bonchev–Trinajstić information content (AvgIpc) is 3.29. The van der Waals surface area contributed by atoms with E-state index in [0.717, 1.165) is 5.57 Å². The van der Waals surface area contributed by atoms with Gasteiger partial charge in [-0.3, -0.25) is 9.59 Å². The zero-order valence-corrected chi connectivity index (χ0v) is 29.6. The first-order chi connectivity index (χ1) is 21.3. The molecule has 0 amide bonds. The SMILES string of the molecule is CO[C@]1(C)C[C@H](O[C@H]2[C@H](C)[C@@H](O[C@@H]3O[C@H](C)C[C@H](N(C)C)[C@H]3O)[C@@]3(C)CC(C)=C(O3)[C@H](C)[C@H](C(C)=O)OC(=O)[C@@H]2C)O[C@@H](C)[C@@H]1O. The van der Waals surface area contributed by atoms with Crippen molar-refractivity contribution in [3.8, 4) is 0 Å². The van der Waals surface area contributed by atoms with Crippen molar-refractivity contribution in [1.82, 2.24) is 4.90 Å². The van der Waals surface area contributed by atoms with Crippen LogP contribution in [0.1, 0.15) is 81.6 Å². The Morgan fingerprint density at radius 2 is 1.67 bits per heavy atom. The van der Waals surface area contributed by atoms with Crippen molar-refractivity contribution in [2.45, 2.75) is 154 Å². The molecule has 0 unspecified atom stereocenters. The number of fused-ring (bicyclic) bond motifs is 2. The third kappa shape index (κ3) is 7.19. The predicted octanol–water partition coefficient (Wildman–Crippen LogP) is 2.96. The number of hydrogen-bond acceptors (Lipinski definition) is 12. The third-order valence-electron chi connectivity index (χ3n) is 10.7. The van der Waals surface area contributed by atoms with Crippen LogP contribution >= 0.6 is 0 Å². The lowest BCUT2D eigenvalue weighted by Crippen LogP contribution is -2.60. The summed E-state index contributed by atoms with van der Waals surface area (Å²) in [5.74, 6) is -2.26. The summed E-state index contributed by atoms with van der Waals surface area (Å²) in [6.07, 6.45) is -5.84. The molecule has 4 aliphatic heterocycles. The highest BCUT2D eigenvalue weighted by Gasteiger charge is 2.55. The highest BCUT2D eigenvalue weighted by molar-refractivity contribution is 5.84. The highest BCUT2D eigenvalue weighted by atomic mass is 16.7. The van der Waals surface area contributed by atoms with E-state index >= 15 is 0 Å². The molecule has 2 N–H and O–H groups in total. The number of carbonyl (C=O) groups excluding carboxylic acids is 2. The molecule has 0 saturated carbocycles. The van der Waals surface area contributed by atoms with Gasteiger partial charge in [0, 0.05) is 31.9 Å². The topological polar surface area (TPSA) is 142 Å². The summed E-state index contributed by atoms with van der Waals surface area (Å²) in [4.78, 5) is 28.7. The second kappa shape index (κ2) is 14.1. The Labute approximate surface area is 274 Å². The number of likely N-dealkylation sites (N-methyl/N-ethyl adjacent to an activating group) is 1. The van der Waals surface area contributed by atoms with E-state index in [1.165, 1.54) is 14.0 Å². The number of Topliss-reactive ketones (excluding diaryl/α,β-unsaturated/α-hetero) is 1. The summed E-state index contributed by atoms with van der Waals surface area (Å²) < 4.78 is 44.2. The summed E-state index contributed by atoms with van der Waals surface area (Å²) in [6.45, 7) is 16.2. The molecule has 15 atom stereocenters. The van der Waals surface area contributed by atoms with E-state index in [1.807, 2.05) is 53.6 Å². The van der Waals surface area contributed by atoms with Crippen LogP contribution in [0.5, 0.6) is 0 Å². The minimum atomic E-state index is -1.06. The van der Waals surface area contributed by atoms with Gasteiger partial charge in [0.15, 0.2) is 24.5 Å². The van der Waals surface area contributed by atoms with E-state index in [0.29, 0.717) is 18.6 Å². The molecule has 3 saturated heterocycles. The van der Waals surface area contributed by atoms with Gasteiger partial charge in [-0.05, 0) is 74.6 Å². The molecule has 0 aromatic rings. The van der Waals surface area contributed by atoms with Crippen LogP contribution in [0, 0.1) is 17.8 Å². The first kappa shape index (κ1) is 37.2. The van der Waals surface area contributed by atoms with E-state index < -0.39 is 84.1 Å². The van der Waals surface area contributed by atoms with Crippen LogP contribution in [-0.4, -0.2) is 121 Å². The quantitative estimate of drug-likeness (QED) is 0.390. The van der Waals surface area contributed by atoms with Crippen LogP contribution in [0.4, 0.5) is 0 Å². The predicted molar refractivity (Wildman–Crippen MR) is 167 cm³/mol. The van der Waals surface area contributed by atoms with Crippen LogP contribution in [0.2, 0.25) is 0 Å². The molecule has 0 aliphatic carbocycles. The highest BCUT2D eigenvalue weighted by Crippen LogP contribution is 2.47. The standard InChI is InChI=1S/C34H57NO11/c1-16-14-34(9)30(45-32-25(37)23(35(10)11)13-17(2)41-32)19(4)27(43-24-15-33(8,40-12)29(38)22(7)42-24)20(5)31(39)44-28(21(6)36)18(3)26(16)46-34/h17-20,22-25,27-30,32,37-38H,13-15H2,1-12H3/t17-,18+,19+,20-,22+,23+,24+,25-,27+,28-,29+,30-,32+,33-,34-/m1/s1. The van der Waals surface area contributed by atoms with E-state index in [1.54, 1.807) is 20.8 Å². The van der Waals surface area contributed by atoms with Crippen LogP contribution in [0.25, 0.3) is 0 Å². The second-order valence-electron chi connectivity index (χ2n) is 14.8. The lowest BCUT2D eigenvalue weighted by atomic mass is 9.79. The number of carbonyl (C=O) groups is 2. The molecule has 0 aromatic carbocycles. The number of cyclic esters (lactones) is 1. The molecule has 12 heteroatoms. The lowest BCUT2D eigenvalue weighted by molar-refractivity contribution is -0.316. The minimum Gasteiger partial charge on any atom is -0.488 e. The zero-order chi connectivity index (χ0) is 34.5. The summed E-state index contributed by atoms with van der Waals surface area (Å²) >= 11 is 0. The molecule has 4 rings (SSSR count). The monoisotopic (exact) mass is 655 g/mol. The van der Waals surface area contributed by atoms with E-state index in [-0.39, 0.29) is 24.3 Å². The van der Waals surface area contributed by atoms with Gasteiger partial charge in [0.05, 0.1) is 35.7 Å². The normalized spacial score (nSPS) is 47.3. The van der Waals surface area contributed by atoms with Crippen LogP contribution in [0.15, 0.2) is 11.3 Å². The van der Waals surface area contributed by atoms with Crippen molar-refractivity contribution < 1.29 is 53.0 Å². The maximum absolute atomic E-state index is 13.9. The molecule has 0 radical (unpaired) electrons. The first-order valence-electron chi connectivity index (χ1n) is 16.6. The van der Waals surface area contributed by atoms with Crippen molar-refractivity contribution in [2.75, 3.05) is 21.2 Å². The van der Waals surface area contributed by atoms with Gasteiger partial charge in [0.2, 0.25) is 0 Å². The number of aliphatic hydroxyl groups is 2. The molecule has 0 aromatic heterocycles. The van der Waals surface area contributed by atoms with E-state index in [9.17, 15) is 19.8 Å². The van der Waals surface area contributed by atoms with Gasteiger partial charge in [0.25, 0.3) is 0 Å². The van der Waals surface area contributed by atoms with Gasteiger partial charge in [-0.2, -0.15) is 0 Å². The molecule has 4 aliphatic rings. The second-order valence-corrected chi connectivity index (χ2v) is 14.8. The molecular formula is C34H57NO11. The summed E-state index contributed by atoms with van der Waals surface area (Å²) in [5.41, 5.74) is -1.01. The smallest absolute Gasteiger partial charge is 0.312 e. The van der Waals surface area contributed by atoms with Gasteiger partial charge >= 0.3 is 5.97 Å². The van der Waals surface area contributed by atoms with Crippen LogP contribution < -0.4 is 0 Å². The molecule has 4 heterocycles. The van der Waals surface area contributed by atoms with Gasteiger partial charge in [0.1, 0.15) is 29.7 Å². The Morgan fingerprint density at radius 3 is 2.26 bits per heavy atom. The van der Waals surface area contributed by atoms with E-state index in [4.69, 9.17) is 33.2 Å². The van der Waals surface area contributed by atoms with Crippen LogP contribution in [0.3, 0.4) is 0 Å². The molecule has 3 fully saturated rings. The van der Waals surface area contributed by atoms with Crippen molar-refractivity contribution in [1.29, 1.82) is 0 Å². The number of aliphatic hydroxyl groups excluding tert-OH is 2. The number of methoxy groups -OCH3 is 1. The maximum Gasteiger partial charge on any atom is 0.312 e. The number of ketones is 1. The van der Waals surface area contributed by atoms with Crippen molar-refractivity contribution in [3.05, 3.63) is 11.3 Å². The molecule has 264 valence electrons. The van der Waals surface area contributed by atoms with Crippen molar-refractivity contribution in [2.24, 2.45) is 17.8 Å². The Bertz CT molecular complexity index is 1150. The summed E-state index contributed by atoms with van der Waals surface area (Å²) in [6, 6.07) is -0.202. The fraction of sp³-hybridized carbons (Fsp3) is 0.882. The molecular weight excluding hydrogens is 598 g/mol. The van der Waals surface area contributed by atoms with E-state index in [2.05, 4.69) is 0 Å². The lowest BCUT2D eigenvalue weighted by Gasteiger charge is -2.48. The van der Waals surface area contributed by atoms with Crippen molar-refractivity contribution >= 4 is 11.8 Å². The molecule has 0 spiro atoms. The number of nitrogens with zero attached hydrogens (tertiary/aromatic N) is 1. The van der Waals surface area contributed by atoms with Gasteiger partial charge in [-0.15, -0.1) is 0 Å². The minimum absolute atomic E-state index is 0.181. The average molecular weight is 656 g/mol. The van der Waals surface area contributed by atoms with Gasteiger partial charge in [-0.1, -0.05) is 13.8 Å².